The van der Waals surface area contributed by atoms with E-state index in [2.05, 4.69) is 20.9 Å². The van der Waals surface area contributed by atoms with E-state index in [0.29, 0.717) is 35.9 Å². The molecule has 4 rings (SSSR count). The maximum Gasteiger partial charge on any atom is 0.407 e. The number of aliphatic hydroxyl groups is 1. The Balaban J connectivity index is 0.000000278. The van der Waals surface area contributed by atoms with Crippen molar-refractivity contribution in [3.05, 3.63) is 72.3 Å². The number of ether oxygens (including phenoxy) is 4. The predicted molar refractivity (Wildman–Crippen MR) is 188 cm³/mol. The summed E-state index contributed by atoms with van der Waals surface area (Å²) in [6, 6.07) is 20.8. The first-order chi connectivity index (χ1) is 23.6. The van der Waals surface area contributed by atoms with Crippen LogP contribution in [0.4, 0.5) is 9.59 Å². The van der Waals surface area contributed by atoms with Crippen LogP contribution in [-0.2, 0) is 9.47 Å². The zero-order valence-electron chi connectivity index (χ0n) is 30.1. The Morgan fingerprint density at radius 3 is 1.80 bits per heavy atom. The van der Waals surface area contributed by atoms with Crippen LogP contribution < -0.4 is 20.1 Å². The molecule has 0 aliphatic rings. The van der Waals surface area contributed by atoms with Crippen LogP contribution >= 0.6 is 0 Å². The molecule has 4 aromatic rings. The standard InChI is InChI=1S/C21H30N2O5.C16H20N2O4/c1-14(2)13-16(24)17-18(15-9-7-6-8-10-15)28-23-19(17)26-12-11-22-20(25)27-21(3,4)5;1-16(2,3)21-15(19)17-9-10-20-14-11-13(22-18-14)12-7-5-4-6-8-12/h6-10,14,16,24H,11-13H2,1-5H3,(H,22,25);4-8,11H,9-10H2,1-3H3,(H,17,19). The fourth-order valence-electron chi connectivity index (χ4n) is 4.35. The van der Waals surface area contributed by atoms with Gasteiger partial charge < -0.3 is 43.7 Å². The number of nitrogens with one attached hydrogen (secondary N) is 2. The first-order valence-electron chi connectivity index (χ1n) is 16.6. The van der Waals surface area contributed by atoms with Gasteiger partial charge in [0.15, 0.2) is 11.5 Å². The Hall–Kier alpha value is -5.04. The Labute approximate surface area is 293 Å². The summed E-state index contributed by atoms with van der Waals surface area (Å²) in [5.41, 5.74) is 1.20. The van der Waals surface area contributed by atoms with Crippen LogP contribution in [0.15, 0.2) is 75.8 Å². The summed E-state index contributed by atoms with van der Waals surface area (Å²) in [7, 11) is 0. The topological polar surface area (TPSA) is 167 Å². The van der Waals surface area contributed by atoms with E-state index in [0.717, 1.165) is 11.1 Å². The highest BCUT2D eigenvalue weighted by Gasteiger charge is 2.26. The zero-order valence-corrected chi connectivity index (χ0v) is 30.1. The highest BCUT2D eigenvalue weighted by Crippen LogP contribution is 2.37. The summed E-state index contributed by atoms with van der Waals surface area (Å²) in [5, 5.41) is 23.8. The number of carbonyl (C=O) groups is 2. The van der Waals surface area contributed by atoms with E-state index in [9.17, 15) is 14.7 Å². The Morgan fingerprint density at radius 1 is 0.760 bits per heavy atom. The lowest BCUT2D eigenvalue weighted by molar-refractivity contribution is 0.0508. The second kappa shape index (κ2) is 18.6. The molecule has 2 heterocycles. The van der Waals surface area contributed by atoms with Crippen LogP contribution in [0.5, 0.6) is 11.8 Å². The number of nitrogens with zero attached hydrogens (tertiary/aromatic N) is 2. The van der Waals surface area contributed by atoms with E-state index in [1.54, 1.807) is 26.8 Å². The molecular weight excluding hydrogens is 644 g/mol. The molecule has 0 aliphatic heterocycles. The average molecular weight is 695 g/mol. The Kier molecular flexibility index (Phi) is 14.7. The van der Waals surface area contributed by atoms with Crippen molar-refractivity contribution >= 4 is 12.2 Å². The van der Waals surface area contributed by atoms with Gasteiger partial charge >= 0.3 is 12.2 Å². The van der Waals surface area contributed by atoms with Crippen LogP contribution in [0.25, 0.3) is 22.6 Å². The zero-order chi connectivity index (χ0) is 36.7. The molecule has 50 heavy (non-hydrogen) atoms. The molecule has 1 atom stereocenters. The second-order valence-electron chi connectivity index (χ2n) is 13.7. The smallest absolute Gasteiger partial charge is 0.407 e. The lowest BCUT2D eigenvalue weighted by atomic mass is 9.97. The molecule has 3 N–H and O–H groups in total. The summed E-state index contributed by atoms with van der Waals surface area (Å²) >= 11 is 0. The van der Waals surface area contributed by atoms with E-state index in [1.165, 1.54) is 0 Å². The summed E-state index contributed by atoms with van der Waals surface area (Å²) in [4.78, 5) is 23.1. The van der Waals surface area contributed by atoms with E-state index in [4.69, 9.17) is 28.0 Å². The van der Waals surface area contributed by atoms with Crippen molar-refractivity contribution < 1.29 is 42.7 Å². The number of aliphatic hydroxyl groups excluding tert-OH is 1. The third-order valence-corrected chi connectivity index (χ3v) is 6.33. The van der Waals surface area contributed by atoms with Gasteiger partial charge in [0, 0.05) is 17.2 Å². The van der Waals surface area contributed by atoms with Gasteiger partial charge in [0.05, 0.1) is 24.8 Å². The van der Waals surface area contributed by atoms with Crippen LogP contribution in [0.2, 0.25) is 0 Å². The van der Waals surface area contributed by atoms with Crippen LogP contribution in [0.1, 0.15) is 73.5 Å². The largest absolute Gasteiger partial charge is 0.474 e. The molecule has 2 amide bonds. The lowest BCUT2D eigenvalue weighted by Crippen LogP contribution is -2.34. The van der Waals surface area contributed by atoms with Crippen molar-refractivity contribution in [2.75, 3.05) is 26.3 Å². The maximum absolute atomic E-state index is 11.7. The number of rotatable bonds is 13. The van der Waals surface area contributed by atoms with Crippen molar-refractivity contribution in [2.24, 2.45) is 5.92 Å². The Morgan fingerprint density at radius 2 is 1.28 bits per heavy atom. The summed E-state index contributed by atoms with van der Waals surface area (Å²) in [5.74, 6) is 2.03. The third-order valence-electron chi connectivity index (χ3n) is 6.33. The highest BCUT2D eigenvalue weighted by molar-refractivity contribution is 5.68. The number of benzene rings is 2. The van der Waals surface area contributed by atoms with Crippen LogP contribution in [0.3, 0.4) is 0 Å². The predicted octanol–water partition coefficient (Wildman–Crippen LogP) is 7.57. The van der Waals surface area contributed by atoms with Gasteiger partial charge in [0.2, 0.25) is 0 Å². The summed E-state index contributed by atoms with van der Waals surface area (Å²) in [6.45, 7) is 15.9. The number of alkyl carbamates (subject to hydrolysis) is 2. The van der Waals surface area contributed by atoms with Crippen LogP contribution in [-0.4, -0.2) is 65.1 Å². The SMILES string of the molecule is CC(C)(C)OC(=O)NCCOc1cc(-c2ccccc2)on1.CC(C)CC(O)c1c(OCCNC(=O)OC(C)(C)C)noc1-c1ccccc1. The molecular formula is C37H50N4O9. The van der Waals surface area contributed by atoms with Crippen molar-refractivity contribution in [3.63, 3.8) is 0 Å². The molecule has 2 aromatic carbocycles. The van der Waals surface area contributed by atoms with Crippen molar-refractivity contribution in [1.29, 1.82) is 0 Å². The molecule has 2 aromatic heterocycles. The minimum absolute atomic E-state index is 0.168. The van der Waals surface area contributed by atoms with Gasteiger partial charge in [0.25, 0.3) is 11.8 Å². The maximum atomic E-state index is 11.7. The third kappa shape index (κ3) is 14.2. The second-order valence-corrected chi connectivity index (χ2v) is 13.7. The molecule has 0 radical (unpaired) electrons. The first kappa shape index (κ1) is 39.4. The molecule has 1 unspecified atom stereocenters. The monoisotopic (exact) mass is 694 g/mol. The average Bonchev–Trinajstić information content (AvgIpc) is 3.68. The van der Waals surface area contributed by atoms with Gasteiger partial charge in [-0.15, -0.1) is 0 Å². The quantitative estimate of drug-likeness (QED) is 0.118. The number of amides is 2. The molecule has 0 spiro atoms. The van der Waals surface area contributed by atoms with Gasteiger partial charge in [-0.2, -0.15) is 0 Å². The molecule has 0 fully saturated rings. The fourth-order valence-corrected chi connectivity index (χ4v) is 4.35. The van der Waals surface area contributed by atoms with E-state index in [1.807, 2.05) is 95.3 Å². The van der Waals surface area contributed by atoms with Gasteiger partial charge in [-0.25, -0.2) is 9.59 Å². The molecule has 0 saturated carbocycles. The minimum atomic E-state index is -0.768. The first-order valence-corrected chi connectivity index (χ1v) is 16.6. The molecule has 0 saturated heterocycles. The van der Waals surface area contributed by atoms with Crippen molar-refractivity contribution in [1.82, 2.24) is 20.9 Å². The molecule has 0 bridgehead atoms. The van der Waals surface area contributed by atoms with E-state index < -0.39 is 29.5 Å². The fraction of sp³-hybridized carbons (Fsp3) is 0.459. The van der Waals surface area contributed by atoms with Crippen molar-refractivity contribution in [3.8, 4) is 34.4 Å². The molecule has 13 heteroatoms. The highest BCUT2D eigenvalue weighted by atomic mass is 16.6. The summed E-state index contributed by atoms with van der Waals surface area (Å²) in [6.07, 6.45) is -1.20. The number of carbonyl (C=O) groups excluding carboxylic acids is 2. The van der Waals surface area contributed by atoms with Crippen LogP contribution in [0, 0.1) is 5.92 Å². The Bertz CT molecular complexity index is 1590. The van der Waals surface area contributed by atoms with Crippen molar-refractivity contribution in [2.45, 2.75) is 79.1 Å². The van der Waals surface area contributed by atoms with Gasteiger partial charge in [-0.1, -0.05) is 74.5 Å². The number of aromatic nitrogens is 2. The van der Waals surface area contributed by atoms with Gasteiger partial charge in [0.1, 0.15) is 24.4 Å². The normalized spacial score (nSPS) is 12.0. The number of hydrogen-bond donors (Lipinski definition) is 3. The number of hydrogen-bond acceptors (Lipinski definition) is 11. The summed E-state index contributed by atoms with van der Waals surface area (Å²) < 4.78 is 32.1. The van der Waals surface area contributed by atoms with E-state index in [-0.39, 0.29) is 31.6 Å². The molecule has 272 valence electrons. The molecule has 0 aliphatic carbocycles. The van der Waals surface area contributed by atoms with Gasteiger partial charge in [-0.3, -0.25) is 0 Å². The molecule has 13 nitrogen and oxygen atoms in total. The minimum Gasteiger partial charge on any atom is -0.474 e. The van der Waals surface area contributed by atoms with Gasteiger partial charge in [-0.05, 0) is 64.2 Å². The van der Waals surface area contributed by atoms with E-state index >= 15 is 0 Å². The lowest BCUT2D eigenvalue weighted by Gasteiger charge is -2.19.